The first-order valence-corrected chi connectivity index (χ1v) is 4.17. The predicted molar refractivity (Wildman–Crippen MR) is 44.3 cm³/mol. The van der Waals surface area contributed by atoms with E-state index in [2.05, 4.69) is 18.9 Å². The Hall–Kier alpha value is -0.570. The maximum Gasteiger partial charge on any atom is 0.209 e. The van der Waals surface area contributed by atoms with Crippen LogP contribution in [0.2, 0.25) is 0 Å². The van der Waals surface area contributed by atoms with Gasteiger partial charge in [-0.3, -0.25) is 9.69 Å². The fourth-order valence-corrected chi connectivity index (χ4v) is 1.51. The molecule has 3 heteroatoms. The van der Waals surface area contributed by atoms with Crippen LogP contribution in [0.4, 0.5) is 0 Å². The van der Waals surface area contributed by atoms with Crippen LogP contribution < -0.4 is 0 Å². The van der Waals surface area contributed by atoms with E-state index in [0.29, 0.717) is 6.04 Å². The zero-order valence-corrected chi connectivity index (χ0v) is 7.29. The molecule has 0 aromatic heterocycles. The van der Waals surface area contributed by atoms with Gasteiger partial charge in [-0.1, -0.05) is 6.92 Å². The minimum atomic E-state index is 0.564. The Bertz CT molecular complexity index is 138. The first-order valence-electron chi connectivity index (χ1n) is 4.17. The van der Waals surface area contributed by atoms with Crippen molar-refractivity contribution >= 4 is 6.41 Å². The molecule has 1 unspecified atom stereocenters. The zero-order chi connectivity index (χ0) is 8.27. The topological polar surface area (TPSA) is 23.6 Å². The molecule has 11 heavy (non-hydrogen) atoms. The van der Waals surface area contributed by atoms with Gasteiger partial charge in [-0.2, -0.15) is 0 Å². The molecule has 0 saturated carbocycles. The Labute approximate surface area is 68.0 Å². The lowest BCUT2D eigenvalue weighted by molar-refractivity contribution is -0.120. The highest BCUT2D eigenvalue weighted by Gasteiger charge is 2.20. The second kappa shape index (κ2) is 3.72. The summed E-state index contributed by atoms with van der Waals surface area (Å²) < 4.78 is 0. The highest BCUT2D eigenvalue weighted by molar-refractivity contribution is 5.47. The summed E-state index contributed by atoms with van der Waals surface area (Å²) >= 11 is 0. The Morgan fingerprint density at radius 2 is 2.27 bits per heavy atom. The van der Waals surface area contributed by atoms with Crippen LogP contribution in [0, 0.1) is 0 Å². The third kappa shape index (κ3) is 1.93. The van der Waals surface area contributed by atoms with Crippen LogP contribution in [0.3, 0.4) is 0 Å². The van der Waals surface area contributed by atoms with Gasteiger partial charge in [-0.15, -0.1) is 0 Å². The summed E-state index contributed by atoms with van der Waals surface area (Å²) in [4.78, 5) is 14.6. The summed E-state index contributed by atoms with van der Waals surface area (Å²) in [5.74, 6) is 0. The summed E-state index contributed by atoms with van der Waals surface area (Å²) in [6.45, 7) is 4.96. The van der Waals surface area contributed by atoms with Gasteiger partial charge in [0.25, 0.3) is 0 Å². The molecule has 0 bridgehead atoms. The number of amides is 1. The number of piperazine rings is 1. The van der Waals surface area contributed by atoms with Crippen molar-refractivity contribution in [1.82, 2.24) is 9.80 Å². The number of hydrogen-bond acceptors (Lipinski definition) is 2. The maximum absolute atomic E-state index is 10.4. The highest BCUT2D eigenvalue weighted by atomic mass is 16.1. The van der Waals surface area contributed by atoms with Crippen LogP contribution in [-0.2, 0) is 4.79 Å². The number of likely N-dealkylation sites (N-methyl/N-ethyl adjacent to an activating group) is 1. The Morgan fingerprint density at radius 3 is 2.82 bits per heavy atom. The summed E-state index contributed by atoms with van der Waals surface area (Å²) in [6.07, 6.45) is 2.08. The number of rotatable bonds is 2. The Kier molecular flexibility index (Phi) is 2.88. The molecule has 1 aliphatic rings. The quantitative estimate of drug-likeness (QED) is 0.532. The predicted octanol–water partition coefficient (Wildman–Crippen LogP) is 0.169. The molecule has 1 amide bonds. The Balaban J connectivity index is 2.43. The summed E-state index contributed by atoms with van der Waals surface area (Å²) in [6, 6.07) is 0.564. The third-order valence-corrected chi connectivity index (χ3v) is 2.43. The highest BCUT2D eigenvalue weighted by Crippen LogP contribution is 2.08. The van der Waals surface area contributed by atoms with E-state index in [1.54, 1.807) is 0 Å². The SMILES string of the molecule is CCC1CN(C=O)CCN1C. The van der Waals surface area contributed by atoms with Crippen molar-refractivity contribution < 1.29 is 4.79 Å². The molecule has 0 aromatic rings. The van der Waals surface area contributed by atoms with E-state index in [4.69, 9.17) is 0 Å². The van der Waals surface area contributed by atoms with Crippen LogP contribution in [0.15, 0.2) is 0 Å². The molecule has 0 N–H and O–H groups in total. The Morgan fingerprint density at radius 1 is 1.55 bits per heavy atom. The van der Waals surface area contributed by atoms with E-state index in [-0.39, 0.29) is 0 Å². The van der Waals surface area contributed by atoms with Crippen molar-refractivity contribution in [2.45, 2.75) is 19.4 Å². The molecule has 3 nitrogen and oxygen atoms in total. The zero-order valence-electron chi connectivity index (χ0n) is 7.29. The molecule has 0 radical (unpaired) electrons. The van der Waals surface area contributed by atoms with Gasteiger partial charge in [0.2, 0.25) is 6.41 Å². The van der Waals surface area contributed by atoms with Crippen molar-refractivity contribution in [3.63, 3.8) is 0 Å². The summed E-state index contributed by atoms with van der Waals surface area (Å²) in [7, 11) is 2.12. The monoisotopic (exact) mass is 156 g/mol. The third-order valence-electron chi connectivity index (χ3n) is 2.43. The minimum absolute atomic E-state index is 0.564. The van der Waals surface area contributed by atoms with Gasteiger partial charge >= 0.3 is 0 Å². The van der Waals surface area contributed by atoms with Crippen LogP contribution in [0.5, 0.6) is 0 Å². The molecular formula is C8H16N2O. The molecule has 0 spiro atoms. The van der Waals surface area contributed by atoms with E-state index >= 15 is 0 Å². The molecule has 1 rings (SSSR count). The van der Waals surface area contributed by atoms with E-state index in [1.165, 1.54) is 0 Å². The van der Waals surface area contributed by atoms with Gasteiger partial charge in [-0.25, -0.2) is 0 Å². The van der Waals surface area contributed by atoms with Crippen molar-refractivity contribution in [3.8, 4) is 0 Å². The molecule has 1 atom stereocenters. The smallest absolute Gasteiger partial charge is 0.209 e. The number of carbonyl (C=O) groups excluding carboxylic acids is 1. The first kappa shape index (κ1) is 8.53. The number of carbonyl (C=O) groups is 1. The lowest BCUT2D eigenvalue weighted by Crippen LogP contribution is -2.50. The fourth-order valence-electron chi connectivity index (χ4n) is 1.51. The maximum atomic E-state index is 10.4. The second-order valence-electron chi connectivity index (χ2n) is 3.14. The van der Waals surface area contributed by atoms with Gasteiger partial charge in [0, 0.05) is 25.7 Å². The van der Waals surface area contributed by atoms with E-state index in [0.717, 1.165) is 32.5 Å². The van der Waals surface area contributed by atoms with E-state index in [9.17, 15) is 4.79 Å². The van der Waals surface area contributed by atoms with Crippen molar-refractivity contribution in [2.24, 2.45) is 0 Å². The lowest BCUT2D eigenvalue weighted by atomic mass is 10.1. The van der Waals surface area contributed by atoms with Crippen molar-refractivity contribution in [2.75, 3.05) is 26.7 Å². The molecule has 1 aliphatic heterocycles. The van der Waals surface area contributed by atoms with Gasteiger partial charge in [0.05, 0.1) is 0 Å². The molecule has 1 fully saturated rings. The second-order valence-corrected chi connectivity index (χ2v) is 3.14. The van der Waals surface area contributed by atoms with E-state index in [1.807, 2.05) is 4.90 Å². The number of hydrogen-bond donors (Lipinski definition) is 0. The molecule has 0 aliphatic carbocycles. The van der Waals surface area contributed by atoms with Gasteiger partial charge in [0.1, 0.15) is 0 Å². The van der Waals surface area contributed by atoms with Gasteiger partial charge < -0.3 is 4.90 Å². The molecule has 64 valence electrons. The largest absolute Gasteiger partial charge is 0.342 e. The van der Waals surface area contributed by atoms with Gasteiger partial charge in [-0.05, 0) is 13.5 Å². The molecule has 1 heterocycles. The average Bonchev–Trinajstić information content (AvgIpc) is 2.05. The fraction of sp³-hybridized carbons (Fsp3) is 0.875. The standard InChI is InChI=1S/C8H16N2O/c1-3-8-6-10(7-11)5-4-9(8)2/h7-8H,3-6H2,1-2H3. The van der Waals surface area contributed by atoms with Gasteiger partial charge in [0.15, 0.2) is 0 Å². The summed E-state index contributed by atoms with van der Waals surface area (Å²) in [5.41, 5.74) is 0. The minimum Gasteiger partial charge on any atom is -0.342 e. The van der Waals surface area contributed by atoms with Crippen molar-refractivity contribution in [1.29, 1.82) is 0 Å². The number of nitrogens with zero attached hydrogens (tertiary/aromatic N) is 2. The normalized spacial score (nSPS) is 27.1. The van der Waals surface area contributed by atoms with Crippen LogP contribution in [0.25, 0.3) is 0 Å². The lowest BCUT2D eigenvalue weighted by Gasteiger charge is -2.37. The van der Waals surface area contributed by atoms with Crippen molar-refractivity contribution in [3.05, 3.63) is 0 Å². The first-order chi connectivity index (χ1) is 5.27. The molecule has 1 saturated heterocycles. The van der Waals surface area contributed by atoms with Crippen LogP contribution in [0.1, 0.15) is 13.3 Å². The summed E-state index contributed by atoms with van der Waals surface area (Å²) in [5, 5.41) is 0. The molecular weight excluding hydrogens is 140 g/mol. The van der Waals surface area contributed by atoms with Crippen LogP contribution >= 0.6 is 0 Å². The van der Waals surface area contributed by atoms with E-state index < -0.39 is 0 Å². The molecule has 0 aromatic carbocycles. The van der Waals surface area contributed by atoms with Crippen LogP contribution in [-0.4, -0.2) is 48.9 Å². The average molecular weight is 156 g/mol.